The SMILES string of the molecule is COc1ccc2cc(C3=CCC(C)CC3)ccc2c1. The summed E-state index contributed by atoms with van der Waals surface area (Å²) >= 11 is 0. The zero-order chi connectivity index (χ0) is 13.2. The Labute approximate surface area is 114 Å². The van der Waals surface area contributed by atoms with E-state index in [0.29, 0.717) is 0 Å². The van der Waals surface area contributed by atoms with Gasteiger partial charge in [-0.1, -0.05) is 31.2 Å². The number of benzene rings is 2. The lowest BCUT2D eigenvalue weighted by Gasteiger charge is -2.18. The maximum atomic E-state index is 5.27. The van der Waals surface area contributed by atoms with Crippen LogP contribution in [0.15, 0.2) is 42.5 Å². The average molecular weight is 252 g/mol. The Hall–Kier alpha value is -1.76. The highest BCUT2D eigenvalue weighted by atomic mass is 16.5. The van der Waals surface area contributed by atoms with Gasteiger partial charge >= 0.3 is 0 Å². The van der Waals surface area contributed by atoms with E-state index >= 15 is 0 Å². The van der Waals surface area contributed by atoms with Crippen molar-refractivity contribution in [2.45, 2.75) is 26.2 Å². The highest BCUT2D eigenvalue weighted by Crippen LogP contribution is 2.32. The Morgan fingerprint density at radius 1 is 1.05 bits per heavy atom. The molecule has 0 heterocycles. The fraction of sp³-hybridized carbons (Fsp3) is 0.333. The van der Waals surface area contributed by atoms with Crippen molar-refractivity contribution in [1.29, 1.82) is 0 Å². The van der Waals surface area contributed by atoms with E-state index in [1.165, 1.54) is 41.2 Å². The van der Waals surface area contributed by atoms with Crippen LogP contribution in [-0.4, -0.2) is 7.11 Å². The third-order valence-electron chi connectivity index (χ3n) is 4.09. The van der Waals surface area contributed by atoms with Gasteiger partial charge in [-0.25, -0.2) is 0 Å². The smallest absolute Gasteiger partial charge is 0.119 e. The molecule has 1 heteroatoms. The molecule has 2 aromatic rings. The number of allylic oxidation sites excluding steroid dienone is 2. The first kappa shape index (κ1) is 12.3. The van der Waals surface area contributed by atoms with Crippen molar-refractivity contribution < 1.29 is 4.74 Å². The summed E-state index contributed by atoms with van der Waals surface area (Å²) in [5.74, 6) is 1.76. The Kier molecular flexibility index (Phi) is 3.29. The highest BCUT2D eigenvalue weighted by molar-refractivity contribution is 5.87. The van der Waals surface area contributed by atoms with Crippen molar-refractivity contribution in [2.24, 2.45) is 5.92 Å². The zero-order valence-corrected chi connectivity index (χ0v) is 11.6. The molecule has 0 radical (unpaired) electrons. The number of hydrogen-bond donors (Lipinski definition) is 0. The van der Waals surface area contributed by atoms with Crippen LogP contribution in [0.5, 0.6) is 5.75 Å². The lowest BCUT2D eigenvalue weighted by Crippen LogP contribution is -2.00. The van der Waals surface area contributed by atoms with Gasteiger partial charge in [-0.05, 0) is 65.3 Å². The largest absolute Gasteiger partial charge is 0.497 e. The molecule has 1 atom stereocenters. The molecule has 98 valence electrons. The molecule has 1 unspecified atom stereocenters. The van der Waals surface area contributed by atoms with E-state index in [-0.39, 0.29) is 0 Å². The van der Waals surface area contributed by atoms with Crippen LogP contribution in [0.1, 0.15) is 31.7 Å². The van der Waals surface area contributed by atoms with Crippen LogP contribution < -0.4 is 4.74 Å². The number of methoxy groups -OCH3 is 1. The van der Waals surface area contributed by atoms with Crippen LogP contribution in [0.2, 0.25) is 0 Å². The van der Waals surface area contributed by atoms with Crippen molar-refractivity contribution >= 4 is 16.3 Å². The first-order chi connectivity index (χ1) is 9.26. The normalized spacial score (nSPS) is 19.3. The summed E-state index contributed by atoms with van der Waals surface area (Å²) in [5, 5.41) is 2.53. The van der Waals surface area contributed by atoms with Crippen molar-refractivity contribution in [3.63, 3.8) is 0 Å². The summed E-state index contributed by atoms with van der Waals surface area (Å²) in [6.45, 7) is 2.33. The molecule has 0 fully saturated rings. The highest BCUT2D eigenvalue weighted by Gasteiger charge is 2.11. The summed E-state index contributed by atoms with van der Waals surface area (Å²) in [6, 6.07) is 13.0. The minimum absolute atomic E-state index is 0.841. The molecule has 1 aliphatic carbocycles. The van der Waals surface area contributed by atoms with Gasteiger partial charge in [-0.2, -0.15) is 0 Å². The monoisotopic (exact) mass is 252 g/mol. The molecule has 0 aromatic heterocycles. The molecule has 1 aliphatic rings. The lowest BCUT2D eigenvalue weighted by molar-refractivity contribution is 0.415. The van der Waals surface area contributed by atoms with E-state index < -0.39 is 0 Å². The van der Waals surface area contributed by atoms with E-state index in [4.69, 9.17) is 4.74 Å². The molecular formula is C18H20O. The minimum Gasteiger partial charge on any atom is -0.497 e. The third kappa shape index (κ3) is 2.51. The van der Waals surface area contributed by atoms with Crippen molar-refractivity contribution in [2.75, 3.05) is 7.11 Å². The number of fused-ring (bicyclic) bond motifs is 1. The molecule has 0 bridgehead atoms. The van der Waals surface area contributed by atoms with Gasteiger partial charge in [0.05, 0.1) is 7.11 Å². The van der Waals surface area contributed by atoms with Crippen molar-refractivity contribution in [3.8, 4) is 5.75 Å². The molecule has 3 rings (SSSR count). The topological polar surface area (TPSA) is 9.23 Å². The fourth-order valence-corrected chi connectivity index (χ4v) is 2.78. The quantitative estimate of drug-likeness (QED) is 0.726. The maximum Gasteiger partial charge on any atom is 0.119 e. The first-order valence-electron chi connectivity index (χ1n) is 7.03. The Morgan fingerprint density at radius 2 is 1.84 bits per heavy atom. The predicted octanol–water partition coefficient (Wildman–Crippen LogP) is 5.05. The van der Waals surface area contributed by atoms with Gasteiger partial charge < -0.3 is 4.74 Å². The summed E-state index contributed by atoms with van der Waals surface area (Å²) in [4.78, 5) is 0. The first-order valence-corrected chi connectivity index (χ1v) is 7.03. The summed E-state index contributed by atoms with van der Waals surface area (Å²) < 4.78 is 5.27. The summed E-state index contributed by atoms with van der Waals surface area (Å²) in [7, 11) is 1.71. The van der Waals surface area contributed by atoms with Crippen LogP contribution in [-0.2, 0) is 0 Å². The standard InChI is InChI=1S/C18H20O/c1-13-3-5-14(6-4-13)15-7-8-17-12-18(19-2)10-9-16(17)11-15/h5,7-13H,3-4,6H2,1-2H3. The Balaban J connectivity index is 1.98. The molecule has 0 N–H and O–H groups in total. The summed E-state index contributed by atoms with van der Waals surface area (Å²) in [5.41, 5.74) is 2.89. The van der Waals surface area contributed by atoms with Crippen LogP contribution in [0.25, 0.3) is 16.3 Å². The molecule has 0 saturated carbocycles. The van der Waals surface area contributed by atoms with Crippen LogP contribution in [0, 0.1) is 5.92 Å². The van der Waals surface area contributed by atoms with Gasteiger partial charge in [0, 0.05) is 0 Å². The van der Waals surface area contributed by atoms with E-state index in [9.17, 15) is 0 Å². The van der Waals surface area contributed by atoms with Crippen molar-refractivity contribution in [3.05, 3.63) is 48.0 Å². The van der Waals surface area contributed by atoms with Gasteiger partial charge in [0.15, 0.2) is 0 Å². The number of hydrogen-bond acceptors (Lipinski definition) is 1. The van der Waals surface area contributed by atoms with E-state index in [1.807, 2.05) is 6.07 Å². The summed E-state index contributed by atoms with van der Waals surface area (Å²) in [6.07, 6.45) is 6.16. The fourth-order valence-electron chi connectivity index (χ4n) is 2.78. The third-order valence-corrected chi connectivity index (χ3v) is 4.09. The Bertz CT molecular complexity index is 625. The second-order valence-electron chi connectivity index (χ2n) is 5.54. The average Bonchev–Trinajstić information content (AvgIpc) is 2.47. The lowest BCUT2D eigenvalue weighted by atomic mass is 9.87. The second-order valence-corrected chi connectivity index (χ2v) is 5.54. The van der Waals surface area contributed by atoms with Crippen LogP contribution in [0.4, 0.5) is 0 Å². The molecule has 1 nitrogen and oxygen atoms in total. The number of ether oxygens (including phenoxy) is 1. The second kappa shape index (κ2) is 5.08. The molecule has 19 heavy (non-hydrogen) atoms. The molecule has 0 amide bonds. The predicted molar refractivity (Wildman–Crippen MR) is 81.5 cm³/mol. The molecule has 0 aliphatic heterocycles. The van der Waals surface area contributed by atoms with Crippen LogP contribution >= 0.6 is 0 Å². The van der Waals surface area contributed by atoms with Gasteiger partial charge in [0.1, 0.15) is 5.75 Å². The van der Waals surface area contributed by atoms with Crippen molar-refractivity contribution in [1.82, 2.24) is 0 Å². The van der Waals surface area contributed by atoms with E-state index in [1.54, 1.807) is 7.11 Å². The van der Waals surface area contributed by atoms with Crippen LogP contribution in [0.3, 0.4) is 0 Å². The Morgan fingerprint density at radius 3 is 2.58 bits per heavy atom. The zero-order valence-electron chi connectivity index (χ0n) is 11.6. The molecule has 0 saturated heterocycles. The maximum absolute atomic E-state index is 5.27. The minimum atomic E-state index is 0.841. The number of rotatable bonds is 2. The van der Waals surface area contributed by atoms with Gasteiger partial charge in [-0.3, -0.25) is 0 Å². The molecular weight excluding hydrogens is 232 g/mol. The van der Waals surface area contributed by atoms with E-state index in [0.717, 1.165) is 11.7 Å². The molecule has 0 spiro atoms. The van der Waals surface area contributed by atoms with Gasteiger partial charge in [-0.15, -0.1) is 0 Å². The van der Waals surface area contributed by atoms with E-state index in [2.05, 4.69) is 43.3 Å². The molecule has 2 aromatic carbocycles. The van der Waals surface area contributed by atoms with Gasteiger partial charge in [0.25, 0.3) is 0 Å². The van der Waals surface area contributed by atoms with Gasteiger partial charge in [0.2, 0.25) is 0 Å².